The normalized spacial score (nSPS) is 19.9. The predicted octanol–water partition coefficient (Wildman–Crippen LogP) is 3.68. The van der Waals surface area contributed by atoms with E-state index in [2.05, 4.69) is 17.4 Å². The Labute approximate surface area is 191 Å². The fraction of sp³-hybridized carbons (Fsp3) is 0.375. The van der Waals surface area contributed by atoms with Gasteiger partial charge in [-0.05, 0) is 43.0 Å². The Kier molecular flexibility index (Phi) is 5.90. The van der Waals surface area contributed by atoms with E-state index in [1.54, 1.807) is 20.8 Å². The summed E-state index contributed by atoms with van der Waals surface area (Å²) in [5.41, 5.74) is 3.16. The maximum atomic E-state index is 13.1. The summed E-state index contributed by atoms with van der Waals surface area (Å²) in [5, 5.41) is 11.8. The summed E-state index contributed by atoms with van der Waals surface area (Å²) < 4.78 is 5.55. The fourth-order valence-electron chi connectivity index (χ4n) is 4.41. The lowest BCUT2D eigenvalue weighted by Crippen LogP contribution is -2.59. The number of carbonyl (C=O) groups is 3. The van der Waals surface area contributed by atoms with Gasteiger partial charge in [0.05, 0.1) is 5.37 Å². The molecule has 8 heteroatoms. The zero-order chi connectivity index (χ0) is 23.0. The molecule has 1 fully saturated rings. The van der Waals surface area contributed by atoms with Crippen LogP contribution in [-0.2, 0) is 14.3 Å². The van der Waals surface area contributed by atoms with E-state index in [-0.39, 0.29) is 17.9 Å². The molecule has 2 unspecified atom stereocenters. The van der Waals surface area contributed by atoms with E-state index < -0.39 is 29.6 Å². The van der Waals surface area contributed by atoms with Gasteiger partial charge in [0, 0.05) is 11.7 Å². The number of carboxylic acids is 1. The van der Waals surface area contributed by atoms with Gasteiger partial charge in [0.15, 0.2) is 0 Å². The Balaban J connectivity index is 1.44. The lowest BCUT2D eigenvalue weighted by atomic mass is 9.98. The number of carbonyl (C=O) groups excluding carboxylic acids is 2. The number of fused-ring (bicyclic) bond motifs is 3. The molecule has 0 bridgehead atoms. The number of ether oxygens (including phenoxy) is 1. The van der Waals surface area contributed by atoms with Crippen molar-refractivity contribution in [3.63, 3.8) is 0 Å². The van der Waals surface area contributed by atoms with Crippen LogP contribution in [-0.4, -0.2) is 57.3 Å². The molecule has 1 aliphatic carbocycles. The third-order valence-corrected chi connectivity index (χ3v) is 7.25. The number of hydrogen-bond acceptors (Lipinski definition) is 5. The van der Waals surface area contributed by atoms with E-state index >= 15 is 0 Å². The van der Waals surface area contributed by atoms with Gasteiger partial charge in [-0.25, -0.2) is 9.59 Å². The average molecular weight is 455 g/mol. The molecule has 2 aromatic carbocycles. The topological polar surface area (TPSA) is 95.9 Å². The highest BCUT2D eigenvalue weighted by Gasteiger charge is 2.45. The van der Waals surface area contributed by atoms with Crippen molar-refractivity contribution in [3.05, 3.63) is 59.7 Å². The molecule has 0 spiro atoms. The fourth-order valence-corrected chi connectivity index (χ4v) is 5.57. The molecule has 2 aliphatic rings. The zero-order valence-electron chi connectivity index (χ0n) is 18.2. The highest BCUT2D eigenvalue weighted by molar-refractivity contribution is 8.00. The molecule has 32 heavy (non-hydrogen) atoms. The minimum atomic E-state index is -1.31. The molecule has 7 nitrogen and oxygen atoms in total. The van der Waals surface area contributed by atoms with Crippen LogP contribution in [0.2, 0.25) is 0 Å². The molecule has 4 rings (SSSR count). The second-order valence-corrected chi connectivity index (χ2v) is 9.92. The number of amides is 2. The minimum absolute atomic E-state index is 0.0849. The number of rotatable bonds is 5. The van der Waals surface area contributed by atoms with Crippen molar-refractivity contribution in [3.8, 4) is 11.1 Å². The first-order chi connectivity index (χ1) is 15.2. The Morgan fingerprint density at radius 3 is 2.22 bits per heavy atom. The smallest absolute Gasteiger partial charge is 0.408 e. The Morgan fingerprint density at radius 2 is 1.66 bits per heavy atom. The van der Waals surface area contributed by atoms with Gasteiger partial charge in [0.1, 0.15) is 18.2 Å². The lowest BCUT2D eigenvalue weighted by molar-refractivity contribution is -0.151. The number of benzene rings is 2. The maximum absolute atomic E-state index is 13.1. The van der Waals surface area contributed by atoms with E-state index in [1.807, 2.05) is 36.4 Å². The summed E-state index contributed by atoms with van der Waals surface area (Å²) in [4.78, 5) is 38.6. The number of alkyl carbamates (subject to hydrolysis) is 1. The molecule has 0 saturated carbocycles. The summed E-state index contributed by atoms with van der Waals surface area (Å²) in [7, 11) is 0. The molecular weight excluding hydrogens is 428 g/mol. The van der Waals surface area contributed by atoms with Crippen LogP contribution in [0.5, 0.6) is 0 Å². The first kappa shape index (κ1) is 22.2. The van der Waals surface area contributed by atoms with Crippen molar-refractivity contribution < 1.29 is 24.2 Å². The van der Waals surface area contributed by atoms with Gasteiger partial charge >= 0.3 is 12.1 Å². The predicted molar refractivity (Wildman–Crippen MR) is 122 cm³/mol. The molecule has 1 saturated heterocycles. The quantitative estimate of drug-likeness (QED) is 0.716. The SMILES string of the molecule is CC1SCC(C(=O)O)N1C(=O)C(C)(C)NC(=O)OCC1c2ccccc2-c2ccccc21. The van der Waals surface area contributed by atoms with Crippen LogP contribution in [0.1, 0.15) is 37.8 Å². The number of carboxylic acid groups (broad SMARTS) is 1. The molecule has 2 N–H and O–H groups in total. The average Bonchev–Trinajstić information content (AvgIpc) is 3.29. The van der Waals surface area contributed by atoms with Crippen LogP contribution in [0.25, 0.3) is 11.1 Å². The molecular formula is C24H26N2O5S. The summed E-state index contributed by atoms with van der Waals surface area (Å²) in [6.07, 6.45) is -0.711. The van der Waals surface area contributed by atoms with Gasteiger partial charge in [-0.1, -0.05) is 48.5 Å². The van der Waals surface area contributed by atoms with Crippen LogP contribution in [0.15, 0.2) is 48.5 Å². The van der Waals surface area contributed by atoms with Crippen molar-refractivity contribution in [2.45, 2.75) is 43.6 Å². The molecule has 2 atom stereocenters. The third-order valence-electron chi connectivity index (χ3n) is 6.04. The van der Waals surface area contributed by atoms with Crippen LogP contribution in [0, 0.1) is 0 Å². The van der Waals surface area contributed by atoms with Gasteiger partial charge in [-0.2, -0.15) is 0 Å². The second-order valence-electron chi connectivity index (χ2n) is 8.57. The first-order valence-corrected chi connectivity index (χ1v) is 11.6. The Morgan fingerprint density at radius 1 is 1.09 bits per heavy atom. The standard InChI is InChI=1S/C24H26N2O5S/c1-14-26(20(13-32-14)21(27)28)22(29)24(2,3)25-23(30)31-12-19-17-10-6-4-8-15(17)16-9-5-7-11-18(16)19/h4-11,14,19-20H,12-13H2,1-3H3,(H,25,30)(H,27,28). The molecule has 168 valence electrons. The van der Waals surface area contributed by atoms with Gasteiger partial charge in [-0.3, -0.25) is 4.79 Å². The number of nitrogens with one attached hydrogen (secondary N) is 1. The van der Waals surface area contributed by atoms with Crippen molar-refractivity contribution in [1.29, 1.82) is 0 Å². The van der Waals surface area contributed by atoms with Crippen LogP contribution in [0.3, 0.4) is 0 Å². The Hall–Kier alpha value is -3.00. The van der Waals surface area contributed by atoms with Crippen molar-refractivity contribution >= 4 is 29.7 Å². The van der Waals surface area contributed by atoms with E-state index in [1.165, 1.54) is 16.7 Å². The Bertz CT molecular complexity index is 1020. The monoisotopic (exact) mass is 454 g/mol. The molecule has 0 radical (unpaired) electrons. The zero-order valence-corrected chi connectivity index (χ0v) is 19.0. The van der Waals surface area contributed by atoms with Crippen LogP contribution in [0.4, 0.5) is 4.79 Å². The van der Waals surface area contributed by atoms with E-state index in [0.717, 1.165) is 22.3 Å². The molecule has 2 aromatic rings. The van der Waals surface area contributed by atoms with E-state index in [9.17, 15) is 19.5 Å². The van der Waals surface area contributed by atoms with Crippen LogP contribution < -0.4 is 5.32 Å². The molecule has 0 aromatic heterocycles. The summed E-state index contributed by atoms with van der Waals surface area (Å²) >= 11 is 1.40. The lowest BCUT2D eigenvalue weighted by Gasteiger charge is -2.34. The van der Waals surface area contributed by atoms with Gasteiger partial charge in [0.2, 0.25) is 5.91 Å². The number of hydrogen-bond donors (Lipinski definition) is 2. The number of nitrogens with zero attached hydrogens (tertiary/aromatic N) is 1. The second kappa shape index (κ2) is 8.50. The molecule has 1 heterocycles. The van der Waals surface area contributed by atoms with Crippen LogP contribution >= 0.6 is 11.8 Å². The summed E-state index contributed by atoms with van der Waals surface area (Å²) in [6.45, 7) is 5.05. The minimum Gasteiger partial charge on any atom is -0.480 e. The highest BCUT2D eigenvalue weighted by Crippen LogP contribution is 2.44. The first-order valence-electron chi connectivity index (χ1n) is 10.5. The number of aliphatic carboxylic acids is 1. The maximum Gasteiger partial charge on any atom is 0.408 e. The number of thioether (sulfide) groups is 1. The third kappa shape index (κ3) is 3.95. The molecule has 2 amide bonds. The van der Waals surface area contributed by atoms with Gasteiger partial charge in [-0.15, -0.1) is 11.8 Å². The molecule has 1 aliphatic heterocycles. The van der Waals surface area contributed by atoms with Gasteiger partial charge in [0.25, 0.3) is 0 Å². The van der Waals surface area contributed by atoms with Gasteiger partial charge < -0.3 is 20.1 Å². The summed E-state index contributed by atoms with van der Waals surface area (Å²) in [5.74, 6) is -1.26. The van der Waals surface area contributed by atoms with Crippen molar-refractivity contribution in [2.24, 2.45) is 0 Å². The van der Waals surface area contributed by atoms with E-state index in [0.29, 0.717) is 5.75 Å². The van der Waals surface area contributed by atoms with E-state index in [4.69, 9.17) is 4.74 Å². The largest absolute Gasteiger partial charge is 0.480 e. The van der Waals surface area contributed by atoms with Crippen molar-refractivity contribution in [2.75, 3.05) is 12.4 Å². The van der Waals surface area contributed by atoms with Crippen molar-refractivity contribution in [1.82, 2.24) is 10.2 Å². The highest BCUT2D eigenvalue weighted by atomic mass is 32.2. The summed E-state index contributed by atoms with van der Waals surface area (Å²) in [6, 6.07) is 15.2.